The minimum absolute atomic E-state index is 0.103. The van der Waals surface area contributed by atoms with Gasteiger partial charge in [-0.2, -0.15) is 13.2 Å². The fourth-order valence-electron chi connectivity index (χ4n) is 1.69. The number of benzene rings is 1. The van der Waals surface area contributed by atoms with E-state index in [1.165, 1.54) is 23.1 Å². The van der Waals surface area contributed by atoms with Crippen molar-refractivity contribution in [3.8, 4) is 11.8 Å². The van der Waals surface area contributed by atoms with E-state index in [9.17, 15) is 17.6 Å². The third-order valence-electron chi connectivity index (χ3n) is 2.72. The molecule has 1 rings (SSSR count). The second kappa shape index (κ2) is 8.01. The highest BCUT2D eigenvalue weighted by Crippen LogP contribution is 2.20. The molecule has 6 heteroatoms. The average molecular weight is 303 g/mol. The van der Waals surface area contributed by atoms with Crippen LogP contribution in [0.5, 0.6) is 0 Å². The van der Waals surface area contributed by atoms with Crippen LogP contribution in [0, 0.1) is 17.7 Å². The zero-order valence-electron chi connectivity index (χ0n) is 11.7. The Balaban J connectivity index is 2.68. The normalized spacial score (nSPS) is 11.4. The molecule has 0 amide bonds. The lowest BCUT2D eigenvalue weighted by molar-refractivity contribution is -0.137. The Morgan fingerprint density at radius 1 is 1.29 bits per heavy atom. The smallest absolute Gasteiger partial charge is 0.390 e. The number of hydrogen-bond donors (Lipinski definition) is 1. The average Bonchev–Trinajstić information content (AvgIpc) is 2.39. The number of alkyl halides is 3. The summed E-state index contributed by atoms with van der Waals surface area (Å²) >= 11 is 0. The predicted octanol–water partition coefficient (Wildman–Crippen LogP) is 2.94. The summed E-state index contributed by atoms with van der Waals surface area (Å²) in [5.41, 5.74) is 0.875. The van der Waals surface area contributed by atoms with Crippen molar-refractivity contribution in [3.63, 3.8) is 0 Å². The first-order valence-electron chi connectivity index (χ1n) is 6.45. The molecule has 0 heterocycles. The largest absolute Gasteiger partial charge is 0.395 e. The van der Waals surface area contributed by atoms with Crippen molar-refractivity contribution in [1.29, 1.82) is 0 Å². The van der Waals surface area contributed by atoms with Gasteiger partial charge in [0, 0.05) is 19.5 Å². The summed E-state index contributed by atoms with van der Waals surface area (Å²) in [6.45, 7) is 0.0614. The molecule has 0 spiro atoms. The molecular formula is C15H17F4NO. The van der Waals surface area contributed by atoms with Gasteiger partial charge in [-0.1, -0.05) is 17.9 Å². The Morgan fingerprint density at radius 2 is 2.00 bits per heavy atom. The van der Waals surface area contributed by atoms with Crippen LogP contribution in [0.3, 0.4) is 0 Å². The molecule has 1 aromatic carbocycles. The fourth-order valence-corrected chi connectivity index (χ4v) is 1.69. The van der Waals surface area contributed by atoms with Crippen molar-refractivity contribution >= 4 is 0 Å². The van der Waals surface area contributed by atoms with Gasteiger partial charge >= 0.3 is 6.18 Å². The maximum atomic E-state index is 13.5. The van der Waals surface area contributed by atoms with Gasteiger partial charge in [0.05, 0.1) is 18.6 Å². The molecule has 0 unspecified atom stereocenters. The molecule has 2 nitrogen and oxygen atoms in total. The third-order valence-corrected chi connectivity index (χ3v) is 2.72. The van der Waals surface area contributed by atoms with Crippen molar-refractivity contribution in [2.24, 2.45) is 0 Å². The second-order valence-corrected chi connectivity index (χ2v) is 4.69. The Morgan fingerprint density at radius 3 is 2.62 bits per heavy atom. The maximum Gasteiger partial charge on any atom is 0.390 e. The lowest BCUT2D eigenvalue weighted by Crippen LogP contribution is -2.24. The van der Waals surface area contributed by atoms with Crippen molar-refractivity contribution in [2.75, 3.05) is 20.2 Å². The third kappa shape index (κ3) is 7.11. The Kier molecular flexibility index (Phi) is 6.66. The van der Waals surface area contributed by atoms with Crippen LogP contribution in [0.2, 0.25) is 0 Å². The van der Waals surface area contributed by atoms with Crippen LogP contribution in [-0.2, 0) is 6.54 Å². The summed E-state index contributed by atoms with van der Waals surface area (Å²) in [5.74, 6) is 4.73. The van der Waals surface area contributed by atoms with E-state index in [4.69, 9.17) is 5.11 Å². The topological polar surface area (TPSA) is 23.5 Å². The van der Waals surface area contributed by atoms with Gasteiger partial charge < -0.3 is 10.0 Å². The molecule has 0 saturated heterocycles. The SMILES string of the molecule is CN(CCC(F)(F)F)Cc1ccc(F)c(C#CCCO)c1. The highest BCUT2D eigenvalue weighted by Gasteiger charge is 2.27. The highest BCUT2D eigenvalue weighted by molar-refractivity contribution is 5.38. The van der Waals surface area contributed by atoms with Crippen LogP contribution in [0.4, 0.5) is 17.6 Å². The van der Waals surface area contributed by atoms with E-state index in [0.717, 1.165) is 0 Å². The lowest BCUT2D eigenvalue weighted by atomic mass is 10.1. The van der Waals surface area contributed by atoms with Gasteiger partial charge in [0.25, 0.3) is 0 Å². The van der Waals surface area contributed by atoms with E-state index in [2.05, 4.69) is 11.8 Å². The summed E-state index contributed by atoms with van der Waals surface area (Å²) in [7, 11) is 1.58. The van der Waals surface area contributed by atoms with E-state index in [1.807, 2.05) is 0 Å². The molecule has 0 bridgehead atoms. The molecule has 116 valence electrons. The first-order chi connectivity index (χ1) is 9.81. The number of aliphatic hydroxyl groups is 1. The van der Waals surface area contributed by atoms with Gasteiger partial charge in [0.1, 0.15) is 5.82 Å². The Labute approximate surface area is 121 Å². The first kappa shape index (κ1) is 17.5. The Hall–Kier alpha value is -1.58. The van der Waals surface area contributed by atoms with Crippen molar-refractivity contribution in [2.45, 2.75) is 25.6 Å². The quantitative estimate of drug-likeness (QED) is 0.668. The zero-order valence-corrected chi connectivity index (χ0v) is 11.7. The van der Waals surface area contributed by atoms with E-state index in [-0.39, 0.29) is 31.7 Å². The molecule has 21 heavy (non-hydrogen) atoms. The fraction of sp³-hybridized carbons (Fsp3) is 0.467. The number of rotatable bonds is 5. The molecule has 1 aromatic rings. The molecule has 0 saturated carbocycles. The van der Waals surface area contributed by atoms with Gasteiger partial charge in [-0.15, -0.1) is 0 Å². The minimum atomic E-state index is -4.18. The second-order valence-electron chi connectivity index (χ2n) is 4.69. The summed E-state index contributed by atoms with van der Waals surface area (Å²) in [5, 5.41) is 8.62. The van der Waals surface area contributed by atoms with E-state index < -0.39 is 18.4 Å². The maximum absolute atomic E-state index is 13.5. The molecule has 0 aromatic heterocycles. The van der Waals surface area contributed by atoms with Crippen molar-refractivity contribution in [3.05, 3.63) is 35.1 Å². The van der Waals surface area contributed by atoms with E-state index in [1.54, 1.807) is 7.05 Å². The van der Waals surface area contributed by atoms with E-state index in [0.29, 0.717) is 5.56 Å². The van der Waals surface area contributed by atoms with Gasteiger partial charge in [0.2, 0.25) is 0 Å². The summed E-state index contributed by atoms with van der Waals surface area (Å²) in [4.78, 5) is 1.52. The van der Waals surface area contributed by atoms with Gasteiger partial charge in [0.15, 0.2) is 0 Å². The van der Waals surface area contributed by atoms with Crippen LogP contribution in [0.1, 0.15) is 24.0 Å². The first-order valence-corrected chi connectivity index (χ1v) is 6.45. The number of hydrogen-bond acceptors (Lipinski definition) is 2. The Bertz CT molecular complexity index is 517. The lowest BCUT2D eigenvalue weighted by Gasteiger charge is -2.17. The van der Waals surface area contributed by atoms with E-state index >= 15 is 0 Å². The van der Waals surface area contributed by atoms with Crippen LogP contribution in [0.15, 0.2) is 18.2 Å². The van der Waals surface area contributed by atoms with Crippen molar-refractivity contribution in [1.82, 2.24) is 4.90 Å². The van der Waals surface area contributed by atoms with Gasteiger partial charge in [-0.3, -0.25) is 0 Å². The molecular weight excluding hydrogens is 286 g/mol. The van der Waals surface area contributed by atoms with Gasteiger partial charge in [-0.05, 0) is 24.7 Å². The van der Waals surface area contributed by atoms with Crippen LogP contribution < -0.4 is 0 Å². The monoisotopic (exact) mass is 303 g/mol. The van der Waals surface area contributed by atoms with Crippen molar-refractivity contribution < 1.29 is 22.7 Å². The summed E-state index contributed by atoms with van der Waals surface area (Å²) in [6.07, 6.45) is -4.82. The van der Waals surface area contributed by atoms with Crippen LogP contribution in [0.25, 0.3) is 0 Å². The number of halogens is 4. The number of aliphatic hydroxyl groups excluding tert-OH is 1. The molecule has 0 fully saturated rings. The number of nitrogens with zero attached hydrogens (tertiary/aromatic N) is 1. The molecule has 1 N–H and O–H groups in total. The molecule has 0 radical (unpaired) electrons. The van der Waals surface area contributed by atoms with Crippen LogP contribution in [-0.4, -0.2) is 36.4 Å². The zero-order chi connectivity index (χ0) is 15.9. The summed E-state index contributed by atoms with van der Waals surface area (Å²) in [6, 6.07) is 4.29. The molecule has 0 aliphatic rings. The standard InChI is InChI=1S/C15H17F4NO/c1-20(8-7-15(17,18)19)11-12-5-6-14(16)13(10-12)4-2-3-9-21/h5-6,10,21H,3,7-9,11H2,1H3. The minimum Gasteiger partial charge on any atom is -0.395 e. The molecule has 0 atom stereocenters. The molecule has 0 aliphatic heterocycles. The van der Waals surface area contributed by atoms with Crippen LogP contribution >= 0.6 is 0 Å². The summed E-state index contributed by atoms with van der Waals surface area (Å²) < 4.78 is 49.9. The van der Waals surface area contributed by atoms with Gasteiger partial charge in [-0.25, -0.2) is 4.39 Å². The highest BCUT2D eigenvalue weighted by atomic mass is 19.4. The molecule has 0 aliphatic carbocycles. The predicted molar refractivity (Wildman–Crippen MR) is 72.0 cm³/mol.